The van der Waals surface area contributed by atoms with Gasteiger partial charge in [0.05, 0.1) is 32.2 Å². The number of hydrogen-bond donors (Lipinski definition) is 1. The number of fused-ring (bicyclic) bond motifs is 1. The first-order chi connectivity index (χ1) is 19.4. The van der Waals surface area contributed by atoms with Crippen LogP contribution in [0, 0.1) is 6.92 Å². The summed E-state index contributed by atoms with van der Waals surface area (Å²) in [5.74, 6) is -0.409. The van der Waals surface area contributed by atoms with Crippen LogP contribution in [-0.2, 0) is 27.8 Å². The Kier molecular flexibility index (Phi) is 11.0. The molecule has 2 aromatic carbocycles. The number of sulfonamides is 1. The van der Waals surface area contributed by atoms with Gasteiger partial charge in [-0.25, -0.2) is 13.2 Å². The first-order valence-corrected chi connectivity index (χ1v) is 18.7. The Morgan fingerprint density at radius 3 is 2.20 bits per heavy atom. The molecule has 1 heterocycles. The van der Waals surface area contributed by atoms with E-state index in [1.807, 2.05) is 39.0 Å². The predicted molar refractivity (Wildman–Crippen MR) is 170 cm³/mol. The number of ether oxygens (including phenoxy) is 1. The van der Waals surface area contributed by atoms with Crippen LogP contribution in [-0.4, -0.2) is 45.6 Å². The van der Waals surface area contributed by atoms with Crippen LogP contribution in [0.3, 0.4) is 0 Å². The quantitative estimate of drug-likeness (QED) is 0.160. The summed E-state index contributed by atoms with van der Waals surface area (Å²) in [6, 6.07) is 12.1. The fourth-order valence-electron chi connectivity index (χ4n) is 6.28. The normalized spacial score (nSPS) is 15.1. The number of carbonyl (C=O) groups is 1. The highest BCUT2D eigenvalue weighted by Gasteiger charge is 2.41. The molecule has 224 valence electrons. The summed E-state index contributed by atoms with van der Waals surface area (Å²) < 4.78 is 34.6. The van der Waals surface area contributed by atoms with Crippen LogP contribution in [0.2, 0.25) is 18.1 Å². The summed E-state index contributed by atoms with van der Waals surface area (Å²) >= 11 is 0. The first-order valence-electron chi connectivity index (χ1n) is 14.7. The lowest BCUT2D eigenvalue weighted by Crippen LogP contribution is -2.49. The average molecular weight is 598 g/mol. The van der Waals surface area contributed by atoms with Gasteiger partial charge in [-0.05, 0) is 67.6 Å². The topological polar surface area (TPSA) is 83.9 Å². The molecule has 2 aromatic rings. The number of aliphatic hydroxyl groups excluding tert-OH is 1. The highest BCUT2D eigenvalue weighted by atomic mass is 32.2. The van der Waals surface area contributed by atoms with Gasteiger partial charge in [-0.1, -0.05) is 86.5 Å². The fourth-order valence-corrected chi connectivity index (χ4v) is 11.5. The Morgan fingerprint density at radius 2 is 1.68 bits per heavy atom. The van der Waals surface area contributed by atoms with Crippen LogP contribution in [0.4, 0.5) is 0 Å². The molecule has 1 unspecified atom stereocenters. The number of rotatable bonds is 13. The van der Waals surface area contributed by atoms with E-state index in [1.165, 1.54) is 11.4 Å². The molecule has 0 radical (unpaired) electrons. The summed E-state index contributed by atoms with van der Waals surface area (Å²) in [5.41, 5.74) is 6.40. The molecule has 0 bridgehead atoms. The van der Waals surface area contributed by atoms with Crippen molar-refractivity contribution in [3.8, 4) is 0 Å². The van der Waals surface area contributed by atoms with Crippen LogP contribution in [0.1, 0.15) is 86.0 Å². The van der Waals surface area contributed by atoms with Crippen LogP contribution in [0.15, 0.2) is 59.0 Å². The van der Waals surface area contributed by atoms with Crippen molar-refractivity contribution in [2.24, 2.45) is 0 Å². The van der Waals surface area contributed by atoms with E-state index < -0.39 is 24.1 Å². The number of carbonyl (C=O) groups excluding carboxylic acids is 1. The first kappa shape index (κ1) is 33.0. The van der Waals surface area contributed by atoms with Crippen LogP contribution in [0.5, 0.6) is 0 Å². The number of hydrogen-bond acceptors (Lipinski definition) is 5. The average Bonchev–Trinajstić information content (AvgIpc) is 3.40. The lowest BCUT2D eigenvalue weighted by Gasteiger charge is -2.33. The van der Waals surface area contributed by atoms with Crippen molar-refractivity contribution in [3.63, 3.8) is 0 Å². The molecular weight excluding hydrogens is 551 g/mol. The maximum atomic E-state index is 13.9. The zero-order valence-electron chi connectivity index (χ0n) is 25.8. The van der Waals surface area contributed by atoms with Crippen molar-refractivity contribution in [3.05, 3.63) is 82.0 Å². The SMILES string of the molecule is C=C(C)C(CC/C(C)=C/CO)c1cc([Si](CC)(CC)CC)c(C(=O)OC)c2c1CN(S(=O)(=O)c1ccc(C)cc1)C2. The Labute approximate surface area is 248 Å². The summed E-state index contributed by atoms with van der Waals surface area (Å²) in [7, 11) is -4.51. The summed E-state index contributed by atoms with van der Waals surface area (Å²) in [4.78, 5) is 13.8. The van der Waals surface area contributed by atoms with E-state index >= 15 is 0 Å². The number of esters is 1. The summed E-state index contributed by atoms with van der Waals surface area (Å²) in [6.07, 6.45) is 3.39. The van der Waals surface area contributed by atoms with Gasteiger partial charge >= 0.3 is 5.97 Å². The molecule has 1 atom stereocenters. The van der Waals surface area contributed by atoms with Gasteiger partial charge in [0.2, 0.25) is 10.0 Å². The Morgan fingerprint density at radius 1 is 1.10 bits per heavy atom. The van der Waals surface area contributed by atoms with Gasteiger partial charge in [-0.15, -0.1) is 0 Å². The van der Waals surface area contributed by atoms with Gasteiger partial charge in [0, 0.05) is 19.0 Å². The van der Waals surface area contributed by atoms with E-state index in [9.17, 15) is 18.3 Å². The molecule has 0 amide bonds. The van der Waals surface area contributed by atoms with Crippen LogP contribution >= 0.6 is 0 Å². The third-order valence-electron chi connectivity index (χ3n) is 9.14. The minimum absolute atomic E-state index is 0.000391. The zero-order valence-corrected chi connectivity index (χ0v) is 27.7. The van der Waals surface area contributed by atoms with Crippen molar-refractivity contribution < 1.29 is 23.1 Å². The lowest BCUT2D eigenvalue weighted by molar-refractivity contribution is 0.0600. The molecule has 8 heteroatoms. The molecule has 0 fully saturated rings. The predicted octanol–water partition coefficient (Wildman–Crippen LogP) is 6.58. The van der Waals surface area contributed by atoms with E-state index in [2.05, 4.69) is 33.4 Å². The number of aliphatic hydroxyl groups is 1. The van der Waals surface area contributed by atoms with E-state index in [-0.39, 0.29) is 30.5 Å². The van der Waals surface area contributed by atoms with E-state index in [0.717, 1.165) is 69.6 Å². The summed E-state index contributed by atoms with van der Waals surface area (Å²) in [5, 5.41) is 10.5. The number of allylic oxidation sites excluding steroid dienone is 2. The fraction of sp³-hybridized carbons (Fsp3) is 0.485. The monoisotopic (exact) mass is 597 g/mol. The third-order valence-corrected chi connectivity index (χ3v) is 16.5. The largest absolute Gasteiger partial charge is 0.465 e. The molecule has 0 spiro atoms. The molecular formula is C33H47NO5SSi. The van der Waals surface area contributed by atoms with Gasteiger partial charge in [0.1, 0.15) is 0 Å². The number of aryl methyl sites for hydroxylation is 1. The molecule has 1 aliphatic heterocycles. The molecule has 1 aliphatic rings. The van der Waals surface area contributed by atoms with Gasteiger partial charge in [0.25, 0.3) is 0 Å². The molecule has 41 heavy (non-hydrogen) atoms. The van der Waals surface area contributed by atoms with Crippen molar-refractivity contribution in [2.45, 2.75) is 96.4 Å². The number of nitrogens with zero attached hydrogens (tertiary/aromatic N) is 1. The van der Waals surface area contributed by atoms with E-state index in [0.29, 0.717) is 5.56 Å². The molecule has 3 rings (SSSR count). The second-order valence-electron chi connectivity index (χ2n) is 11.4. The minimum atomic E-state index is -3.80. The van der Waals surface area contributed by atoms with Crippen LogP contribution < -0.4 is 5.19 Å². The Hall–Kier alpha value is -2.52. The number of methoxy groups -OCH3 is 1. The standard InChI is InChI=1S/C33H47NO5SSi/c1-9-41(10-2,11-3)31-20-28(27(23(4)5)17-14-25(7)18-19-35)29-21-34(22-30(29)32(31)33(36)39-8)40(37,38)26-15-12-24(6)13-16-26/h12-13,15-16,18,20,27,35H,4,9-11,14,17,19,21-22H2,1-3,5-8H3/b25-18+. The van der Waals surface area contributed by atoms with Gasteiger partial charge in [-0.3, -0.25) is 0 Å². The van der Waals surface area contributed by atoms with E-state index in [4.69, 9.17) is 4.74 Å². The molecule has 0 aliphatic carbocycles. The highest BCUT2D eigenvalue weighted by molar-refractivity contribution is 7.89. The Bertz CT molecular complexity index is 1400. The van der Waals surface area contributed by atoms with Crippen LogP contribution in [0.25, 0.3) is 0 Å². The smallest absolute Gasteiger partial charge is 0.338 e. The highest BCUT2D eigenvalue weighted by Crippen LogP contribution is 2.41. The van der Waals surface area contributed by atoms with Gasteiger partial charge in [-0.2, -0.15) is 4.31 Å². The maximum Gasteiger partial charge on any atom is 0.338 e. The second-order valence-corrected chi connectivity index (χ2v) is 18.6. The summed E-state index contributed by atoms with van der Waals surface area (Å²) in [6.45, 7) is 17.3. The third kappa shape index (κ3) is 6.61. The molecule has 6 nitrogen and oxygen atoms in total. The maximum absolute atomic E-state index is 13.9. The zero-order chi connectivity index (χ0) is 30.5. The Balaban J connectivity index is 2.32. The van der Waals surface area contributed by atoms with Crippen molar-refractivity contribution in [1.29, 1.82) is 0 Å². The van der Waals surface area contributed by atoms with Crippen molar-refractivity contribution in [2.75, 3.05) is 13.7 Å². The van der Waals surface area contributed by atoms with E-state index in [1.54, 1.807) is 12.1 Å². The molecule has 1 N–H and O–H groups in total. The number of benzene rings is 2. The van der Waals surface area contributed by atoms with Gasteiger partial charge < -0.3 is 9.84 Å². The van der Waals surface area contributed by atoms with Crippen molar-refractivity contribution >= 4 is 29.3 Å². The van der Waals surface area contributed by atoms with Gasteiger partial charge in [0.15, 0.2) is 0 Å². The molecule has 0 aromatic heterocycles. The second kappa shape index (κ2) is 13.6. The van der Waals surface area contributed by atoms with Crippen molar-refractivity contribution in [1.82, 2.24) is 4.31 Å². The lowest BCUT2D eigenvalue weighted by atomic mass is 9.83. The molecule has 0 saturated carbocycles. The minimum Gasteiger partial charge on any atom is -0.465 e. The molecule has 0 saturated heterocycles.